The molecule has 9 heteroatoms. The molecule has 0 unspecified atom stereocenters. The zero-order chi connectivity index (χ0) is 20.8. The second-order valence-electron chi connectivity index (χ2n) is 8.33. The van der Waals surface area contributed by atoms with E-state index < -0.39 is 0 Å². The van der Waals surface area contributed by atoms with Crippen LogP contribution in [0.3, 0.4) is 0 Å². The van der Waals surface area contributed by atoms with Crippen molar-refractivity contribution in [2.45, 2.75) is 58.2 Å². The molecule has 2 amide bonds. The highest BCUT2D eigenvalue weighted by Crippen LogP contribution is 2.26. The molecule has 0 atom stereocenters. The van der Waals surface area contributed by atoms with Gasteiger partial charge in [-0.3, -0.25) is 4.79 Å². The van der Waals surface area contributed by atoms with Gasteiger partial charge in [0.2, 0.25) is 0 Å². The molecule has 1 aliphatic heterocycles. The lowest BCUT2D eigenvalue weighted by atomic mass is 9.86. The Morgan fingerprint density at radius 3 is 2.13 bits per heavy atom. The van der Waals surface area contributed by atoms with Crippen LogP contribution < -0.4 is 16.0 Å². The highest BCUT2D eigenvalue weighted by Gasteiger charge is 2.30. The van der Waals surface area contributed by atoms with Crippen LogP contribution in [-0.4, -0.2) is 55.2 Å². The monoisotopic (exact) mass is 474 g/mol. The summed E-state index contributed by atoms with van der Waals surface area (Å²) in [5.74, 6) is -0.125. The molecule has 7 nitrogen and oxygen atoms in total. The smallest absolute Gasteiger partial charge is 0.317 e. The number of rotatable bonds is 5. The van der Waals surface area contributed by atoms with Crippen LogP contribution in [0.4, 0.5) is 10.5 Å². The van der Waals surface area contributed by atoms with E-state index in [1.165, 1.54) is 5.69 Å². The Hall–Kier alpha value is -1.70. The summed E-state index contributed by atoms with van der Waals surface area (Å²) in [6.07, 6.45) is 3.15. The molecule has 0 bridgehead atoms. The van der Waals surface area contributed by atoms with Crippen LogP contribution in [-0.2, 0) is 16.1 Å². The number of esters is 1. The molecule has 176 valence electrons. The number of anilines is 1. The molecule has 0 aromatic heterocycles. The van der Waals surface area contributed by atoms with Gasteiger partial charge in [0.15, 0.2) is 0 Å². The van der Waals surface area contributed by atoms with Crippen LogP contribution in [0.25, 0.3) is 0 Å². The SMILES string of the molecule is CC(C)OC(=O)C1CCC(NC(=O)N2CCN(c3ccc(CN)cc3)CC2)CC1.Cl.Cl. The summed E-state index contributed by atoms with van der Waals surface area (Å²) in [7, 11) is 0. The van der Waals surface area contributed by atoms with E-state index in [2.05, 4.69) is 34.5 Å². The first kappa shape index (κ1) is 27.3. The van der Waals surface area contributed by atoms with Crippen molar-refractivity contribution < 1.29 is 14.3 Å². The Balaban J connectivity index is 0.00000240. The summed E-state index contributed by atoms with van der Waals surface area (Å²) in [4.78, 5) is 28.9. The summed E-state index contributed by atoms with van der Waals surface area (Å²) in [6.45, 7) is 7.36. The molecule has 3 rings (SSSR count). The number of piperazine rings is 1. The number of carbonyl (C=O) groups is 2. The average Bonchev–Trinajstić information content (AvgIpc) is 2.74. The van der Waals surface area contributed by atoms with Crippen molar-refractivity contribution in [2.75, 3.05) is 31.1 Å². The normalized spacial score (nSPS) is 21.0. The van der Waals surface area contributed by atoms with Gasteiger partial charge in [0.05, 0.1) is 12.0 Å². The predicted octanol–water partition coefficient (Wildman–Crippen LogP) is 3.33. The van der Waals surface area contributed by atoms with Crippen LogP contribution in [0, 0.1) is 5.92 Å². The molecule has 0 spiro atoms. The fourth-order valence-corrected chi connectivity index (χ4v) is 4.08. The van der Waals surface area contributed by atoms with Crippen molar-refractivity contribution in [1.82, 2.24) is 10.2 Å². The van der Waals surface area contributed by atoms with Gasteiger partial charge in [0, 0.05) is 44.5 Å². The predicted molar refractivity (Wildman–Crippen MR) is 128 cm³/mol. The first-order valence-electron chi connectivity index (χ1n) is 10.8. The van der Waals surface area contributed by atoms with Crippen molar-refractivity contribution in [3.63, 3.8) is 0 Å². The van der Waals surface area contributed by atoms with Gasteiger partial charge in [0.1, 0.15) is 0 Å². The molecule has 1 saturated carbocycles. The summed E-state index contributed by atoms with van der Waals surface area (Å²) < 4.78 is 5.32. The van der Waals surface area contributed by atoms with E-state index in [1.54, 1.807) is 0 Å². The lowest BCUT2D eigenvalue weighted by Gasteiger charge is -2.37. The largest absolute Gasteiger partial charge is 0.463 e. The molecule has 1 aromatic rings. The Bertz CT molecular complexity index is 687. The van der Waals surface area contributed by atoms with E-state index in [0.29, 0.717) is 19.6 Å². The van der Waals surface area contributed by atoms with Crippen LogP contribution in [0.2, 0.25) is 0 Å². The van der Waals surface area contributed by atoms with Gasteiger partial charge in [-0.1, -0.05) is 12.1 Å². The van der Waals surface area contributed by atoms with E-state index in [-0.39, 0.29) is 54.9 Å². The lowest BCUT2D eigenvalue weighted by molar-refractivity contribution is -0.153. The first-order valence-corrected chi connectivity index (χ1v) is 10.8. The zero-order valence-electron chi connectivity index (χ0n) is 18.4. The van der Waals surface area contributed by atoms with Gasteiger partial charge in [-0.15, -0.1) is 24.8 Å². The first-order chi connectivity index (χ1) is 14.0. The molecule has 2 aliphatic rings. The third kappa shape index (κ3) is 7.74. The molecule has 3 N–H and O–H groups in total. The zero-order valence-corrected chi connectivity index (χ0v) is 20.1. The Morgan fingerprint density at radius 1 is 1.03 bits per heavy atom. The summed E-state index contributed by atoms with van der Waals surface area (Å²) >= 11 is 0. The third-order valence-corrected chi connectivity index (χ3v) is 5.84. The fourth-order valence-electron chi connectivity index (χ4n) is 4.08. The fraction of sp³-hybridized carbons (Fsp3) is 0.636. The highest BCUT2D eigenvalue weighted by atomic mass is 35.5. The minimum Gasteiger partial charge on any atom is -0.463 e. The number of hydrogen-bond donors (Lipinski definition) is 2. The van der Waals surface area contributed by atoms with Crippen LogP contribution in [0.15, 0.2) is 24.3 Å². The van der Waals surface area contributed by atoms with E-state index >= 15 is 0 Å². The second-order valence-corrected chi connectivity index (χ2v) is 8.33. The van der Waals surface area contributed by atoms with Crippen molar-refractivity contribution in [2.24, 2.45) is 11.7 Å². The number of amides is 2. The van der Waals surface area contributed by atoms with Crippen LogP contribution >= 0.6 is 24.8 Å². The molecule has 2 fully saturated rings. The molecular weight excluding hydrogens is 439 g/mol. The molecule has 1 heterocycles. The summed E-state index contributed by atoms with van der Waals surface area (Å²) in [5.41, 5.74) is 7.96. The minimum atomic E-state index is -0.0969. The Morgan fingerprint density at radius 2 is 1.61 bits per heavy atom. The quantitative estimate of drug-likeness (QED) is 0.638. The number of carbonyl (C=O) groups excluding carboxylic acids is 2. The van der Waals surface area contributed by atoms with E-state index in [1.807, 2.05) is 18.7 Å². The number of ether oxygens (including phenoxy) is 1. The van der Waals surface area contributed by atoms with Gasteiger partial charge >= 0.3 is 12.0 Å². The maximum atomic E-state index is 12.6. The van der Waals surface area contributed by atoms with Crippen molar-refractivity contribution in [3.05, 3.63) is 29.8 Å². The summed E-state index contributed by atoms with van der Waals surface area (Å²) in [6, 6.07) is 8.47. The third-order valence-electron chi connectivity index (χ3n) is 5.84. The maximum absolute atomic E-state index is 12.6. The van der Waals surface area contributed by atoms with E-state index in [9.17, 15) is 9.59 Å². The van der Waals surface area contributed by atoms with Gasteiger partial charge in [-0.2, -0.15) is 0 Å². The molecule has 0 radical (unpaired) electrons. The molecule has 1 aromatic carbocycles. The van der Waals surface area contributed by atoms with E-state index in [4.69, 9.17) is 10.5 Å². The minimum absolute atomic E-state index is 0. The molecule has 31 heavy (non-hydrogen) atoms. The highest BCUT2D eigenvalue weighted by molar-refractivity contribution is 5.85. The van der Waals surface area contributed by atoms with Gasteiger partial charge in [0.25, 0.3) is 0 Å². The van der Waals surface area contributed by atoms with Gasteiger partial charge in [-0.05, 0) is 57.2 Å². The van der Waals surface area contributed by atoms with Gasteiger partial charge < -0.3 is 25.6 Å². The van der Waals surface area contributed by atoms with E-state index in [0.717, 1.165) is 44.3 Å². The van der Waals surface area contributed by atoms with Crippen LogP contribution in [0.5, 0.6) is 0 Å². The lowest BCUT2D eigenvalue weighted by Crippen LogP contribution is -2.54. The number of nitrogens with zero attached hydrogens (tertiary/aromatic N) is 2. The topological polar surface area (TPSA) is 87.9 Å². The van der Waals surface area contributed by atoms with Crippen molar-refractivity contribution in [1.29, 1.82) is 0 Å². The molecule has 1 aliphatic carbocycles. The number of halogens is 2. The molecule has 1 saturated heterocycles. The number of hydrogen-bond acceptors (Lipinski definition) is 5. The Kier molecular flexibility index (Phi) is 11.5. The summed E-state index contributed by atoms with van der Waals surface area (Å²) in [5, 5.41) is 3.16. The van der Waals surface area contributed by atoms with Crippen molar-refractivity contribution >= 4 is 42.5 Å². The molecular formula is C22H36Cl2N4O3. The van der Waals surface area contributed by atoms with Crippen LogP contribution in [0.1, 0.15) is 45.1 Å². The van der Waals surface area contributed by atoms with Crippen molar-refractivity contribution in [3.8, 4) is 0 Å². The number of nitrogens with one attached hydrogen (secondary N) is 1. The Labute approximate surface area is 197 Å². The van der Waals surface area contributed by atoms with Gasteiger partial charge in [-0.25, -0.2) is 4.79 Å². The average molecular weight is 475 g/mol. The standard InChI is InChI=1S/C22H34N4O3.2ClH/c1-16(2)29-21(27)18-5-7-19(8-6-18)24-22(28)26-13-11-25(12-14-26)20-9-3-17(15-23)4-10-20;;/h3-4,9-10,16,18-19H,5-8,11-15,23H2,1-2H3,(H,24,28);2*1H. The maximum Gasteiger partial charge on any atom is 0.317 e. The number of urea groups is 1. The number of nitrogens with two attached hydrogens (primary N) is 1. The number of benzene rings is 1. The second kappa shape index (κ2) is 13.0.